The van der Waals surface area contributed by atoms with E-state index in [-0.39, 0.29) is 6.10 Å². The summed E-state index contributed by atoms with van der Waals surface area (Å²) in [4.78, 5) is 2.30. The Labute approximate surface area is 131 Å². The predicted octanol–water partition coefficient (Wildman–Crippen LogP) is 3.53. The summed E-state index contributed by atoms with van der Waals surface area (Å²) in [6, 6.07) is 4.47. The Morgan fingerprint density at radius 2 is 2.11 bits per heavy atom. The van der Waals surface area contributed by atoms with Crippen LogP contribution < -0.4 is 5.73 Å². The van der Waals surface area contributed by atoms with Gasteiger partial charge in [0.15, 0.2) is 0 Å². The molecule has 1 aromatic carbocycles. The van der Waals surface area contributed by atoms with Gasteiger partial charge in [0, 0.05) is 21.5 Å². The van der Waals surface area contributed by atoms with Gasteiger partial charge in [0.25, 0.3) is 0 Å². The number of benzene rings is 1. The van der Waals surface area contributed by atoms with Crippen LogP contribution in [0.1, 0.15) is 31.2 Å². The zero-order valence-electron chi connectivity index (χ0n) is 11.1. The molecule has 0 aromatic heterocycles. The van der Waals surface area contributed by atoms with Gasteiger partial charge >= 0.3 is 0 Å². The molecule has 1 fully saturated rings. The van der Waals surface area contributed by atoms with E-state index in [0.29, 0.717) is 6.04 Å². The number of nitrogens with two attached hydrogens (primary N) is 1. The van der Waals surface area contributed by atoms with Crippen molar-refractivity contribution in [1.82, 2.24) is 4.90 Å². The van der Waals surface area contributed by atoms with E-state index in [1.165, 1.54) is 0 Å². The van der Waals surface area contributed by atoms with Gasteiger partial charge in [0.2, 0.25) is 0 Å². The Bertz CT molecular complexity index is 453. The molecule has 3 nitrogen and oxygen atoms in total. The highest BCUT2D eigenvalue weighted by atomic mass is 79.9. The minimum atomic E-state index is -0.146. The molecule has 0 bridgehead atoms. The normalized spacial score (nSPS) is 23.8. The molecular formula is C14H20Br2N2O. The van der Waals surface area contributed by atoms with Crippen LogP contribution in [0.15, 0.2) is 21.1 Å². The number of aliphatic hydroxyl groups is 1. The summed E-state index contributed by atoms with van der Waals surface area (Å²) in [5.41, 5.74) is 8.03. The second-order valence-electron chi connectivity index (χ2n) is 5.35. The van der Waals surface area contributed by atoms with Gasteiger partial charge < -0.3 is 10.8 Å². The summed E-state index contributed by atoms with van der Waals surface area (Å²) in [5.74, 6) is 0. The molecule has 0 aliphatic heterocycles. The molecule has 106 valence electrons. The second kappa shape index (κ2) is 6.57. The number of halogens is 2. The van der Waals surface area contributed by atoms with Crippen LogP contribution in [0.25, 0.3) is 0 Å². The minimum Gasteiger partial charge on any atom is -0.398 e. The van der Waals surface area contributed by atoms with E-state index in [1.807, 2.05) is 6.07 Å². The molecule has 1 aliphatic carbocycles. The standard InChI is InChI=1S/C14H20Br2N2O/c1-18(11-3-2-4-12(19)7-11)8-9-5-10(15)6-13(16)14(9)17/h5-6,11-12,19H,2-4,7-8,17H2,1H3/t11-,12-/m0/s1. The highest BCUT2D eigenvalue weighted by molar-refractivity contribution is 9.11. The van der Waals surface area contributed by atoms with Gasteiger partial charge in [-0.15, -0.1) is 0 Å². The molecule has 2 atom stereocenters. The van der Waals surface area contributed by atoms with Gasteiger partial charge in [0.1, 0.15) is 0 Å². The molecule has 1 saturated carbocycles. The molecule has 19 heavy (non-hydrogen) atoms. The van der Waals surface area contributed by atoms with Crippen molar-refractivity contribution in [3.8, 4) is 0 Å². The van der Waals surface area contributed by atoms with E-state index in [1.54, 1.807) is 0 Å². The van der Waals surface area contributed by atoms with E-state index < -0.39 is 0 Å². The highest BCUT2D eigenvalue weighted by Crippen LogP contribution is 2.30. The van der Waals surface area contributed by atoms with Crippen LogP contribution in [0.2, 0.25) is 0 Å². The van der Waals surface area contributed by atoms with Gasteiger partial charge in [-0.2, -0.15) is 0 Å². The van der Waals surface area contributed by atoms with E-state index in [4.69, 9.17) is 5.73 Å². The molecule has 0 spiro atoms. The van der Waals surface area contributed by atoms with Crippen LogP contribution in [0.4, 0.5) is 5.69 Å². The summed E-state index contributed by atoms with van der Waals surface area (Å²) < 4.78 is 1.95. The van der Waals surface area contributed by atoms with E-state index in [0.717, 1.165) is 52.4 Å². The Hall–Kier alpha value is -0.100. The Balaban J connectivity index is 2.08. The highest BCUT2D eigenvalue weighted by Gasteiger charge is 2.24. The Morgan fingerprint density at radius 3 is 2.79 bits per heavy atom. The number of nitrogens with zero attached hydrogens (tertiary/aromatic N) is 1. The van der Waals surface area contributed by atoms with Crippen molar-refractivity contribution in [2.45, 2.75) is 44.4 Å². The number of rotatable bonds is 3. The van der Waals surface area contributed by atoms with E-state index in [9.17, 15) is 5.11 Å². The Morgan fingerprint density at radius 1 is 1.37 bits per heavy atom. The van der Waals surface area contributed by atoms with Crippen molar-refractivity contribution in [2.75, 3.05) is 12.8 Å². The molecule has 1 aromatic rings. The largest absolute Gasteiger partial charge is 0.398 e. The van der Waals surface area contributed by atoms with Crippen molar-refractivity contribution < 1.29 is 5.11 Å². The third-order valence-electron chi connectivity index (χ3n) is 3.84. The first-order chi connectivity index (χ1) is 8.97. The maximum atomic E-state index is 9.77. The monoisotopic (exact) mass is 390 g/mol. The van der Waals surface area contributed by atoms with Crippen LogP contribution in [0.5, 0.6) is 0 Å². The number of hydrogen-bond acceptors (Lipinski definition) is 3. The lowest BCUT2D eigenvalue weighted by Crippen LogP contribution is -2.37. The molecule has 3 N–H and O–H groups in total. The number of nitrogen functional groups attached to an aromatic ring is 1. The first-order valence-electron chi connectivity index (χ1n) is 6.59. The molecule has 0 amide bonds. The maximum Gasteiger partial charge on any atom is 0.0555 e. The smallest absolute Gasteiger partial charge is 0.0555 e. The number of anilines is 1. The van der Waals surface area contributed by atoms with Gasteiger partial charge in [-0.3, -0.25) is 4.90 Å². The lowest BCUT2D eigenvalue weighted by atomic mass is 9.92. The average Bonchev–Trinajstić information content (AvgIpc) is 2.35. The molecule has 0 heterocycles. The number of aliphatic hydroxyl groups excluding tert-OH is 1. The summed E-state index contributed by atoms with van der Waals surface area (Å²) in [7, 11) is 2.11. The third-order valence-corrected chi connectivity index (χ3v) is 4.96. The predicted molar refractivity (Wildman–Crippen MR) is 86.0 cm³/mol. The lowest BCUT2D eigenvalue weighted by Gasteiger charge is -2.33. The van der Waals surface area contributed by atoms with Crippen molar-refractivity contribution >= 4 is 37.5 Å². The molecule has 0 radical (unpaired) electrons. The number of hydrogen-bond donors (Lipinski definition) is 2. The van der Waals surface area contributed by atoms with Gasteiger partial charge in [-0.1, -0.05) is 15.9 Å². The quantitative estimate of drug-likeness (QED) is 0.775. The van der Waals surface area contributed by atoms with Crippen LogP contribution >= 0.6 is 31.9 Å². The van der Waals surface area contributed by atoms with Crippen LogP contribution in [0, 0.1) is 0 Å². The van der Waals surface area contributed by atoms with Crippen LogP contribution in [-0.4, -0.2) is 29.2 Å². The van der Waals surface area contributed by atoms with Gasteiger partial charge in [-0.25, -0.2) is 0 Å². The van der Waals surface area contributed by atoms with E-state index in [2.05, 4.69) is 49.9 Å². The van der Waals surface area contributed by atoms with E-state index >= 15 is 0 Å². The van der Waals surface area contributed by atoms with Crippen molar-refractivity contribution in [3.05, 3.63) is 26.6 Å². The molecule has 0 saturated heterocycles. The van der Waals surface area contributed by atoms with Crippen molar-refractivity contribution in [1.29, 1.82) is 0 Å². The molecule has 5 heteroatoms. The average molecular weight is 392 g/mol. The zero-order chi connectivity index (χ0) is 14.0. The van der Waals surface area contributed by atoms with Crippen molar-refractivity contribution in [2.24, 2.45) is 0 Å². The third kappa shape index (κ3) is 3.94. The topological polar surface area (TPSA) is 49.5 Å². The fourth-order valence-corrected chi connectivity index (χ4v) is 4.02. The zero-order valence-corrected chi connectivity index (χ0v) is 14.2. The van der Waals surface area contributed by atoms with Gasteiger partial charge in [-0.05, 0) is 66.4 Å². The fourth-order valence-electron chi connectivity index (χ4n) is 2.71. The summed E-state index contributed by atoms with van der Waals surface area (Å²) in [5, 5.41) is 9.77. The molecule has 0 unspecified atom stereocenters. The minimum absolute atomic E-state index is 0.146. The summed E-state index contributed by atoms with van der Waals surface area (Å²) >= 11 is 6.98. The second-order valence-corrected chi connectivity index (χ2v) is 7.12. The lowest BCUT2D eigenvalue weighted by molar-refractivity contribution is 0.0701. The SMILES string of the molecule is CN(Cc1cc(Br)cc(Br)c1N)[C@H]1CCC[C@H](O)C1. The maximum absolute atomic E-state index is 9.77. The molecular weight excluding hydrogens is 372 g/mol. The van der Waals surface area contributed by atoms with Crippen LogP contribution in [0.3, 0.4) is 0 Å². The first-order valence-corrected chi connectivity index (χ1v) is 8.17. The summed E-state index contributed by atoms with van der Waals surface area (Å²) in [6.45, 7) is 0.807. The van der Waals surface area contributed by atoms with Gasteiger partial charge in [0.05, 0.1) is 11.8 Å². The molecule has 2 rings (SSSR count). The fraction of sp³-hybridized carbons (Fsp3) is 0.571. The Kier molecular flexibility index (Phi) is 5.29. The van der Waals surface area contributed by atoms with Crippen LogP contribution in [-0.2, 0) is 6.54 Å². The summed E-state index contributed by atoms with van der Waals surface area (Å²) in [6.07, 6.45) is 3.92. The molecule has 1 aliphatic rings. The first kappa shape index (κ1) is 15.3. The van der Waals surface area contributed by atoms with Crippen molar-refractivity contribution in [3.63, 3.8) is 0 Å².